The van der Waals surface area contributed by atoms with E-state index in [4.69, 9.17) is 4.74 Å². The van der Waals surface area contributed by atoms with E-state index in [0.29, 0.717) is 5.56 Å². The number of rotatable bonds is 7. The summed E-state index contributed by atoms with van der Waals surface area (Å²) in [6.07, 6.45) is 3.46. The maximum Gasteiger partial charge on any atom is 0.202 e. The molecular weight excluding hydrogens is 256 g/mol. The molecule has 0 aliphatic carbocycles. The van der Waals surface area contributed by atoms with Gasteiger partial charge in [-0.15, -0.1) is 11.3 Å². The zero-order valence-corrected chi connectivity index (χ0v) is 11.9. The Kier molecular flexibility index (Phi) is 5.16. The third-order valence-corrected chi connectivity index (χ3v) is 3.75. The van der Waals surface area contributed by atoms with Crippen molar-refractivity contribution in [2.24, 2.45) is 0 Å². The highest BCUT2D eigenvalue weighted by atomic mass is 32.1. The SMILES string of the molecule is CCCCCOc1ccc(C(=O)c2cccs2)cc1. The number of ketones is 1. The number of carbonyl (C=O) groups excluding carboxylic acids is 1. The highest BCUT2D eigenvalue weighted by Crippen LogP contribution is 2.18. The summed E-state index contributed by atoms with van der Waals surface area (Å²) in [6, 6.07) is 11.1. The minimum atomic E-state index is 0.0764. The Labute approximate surface area is 118 Å². The highest BCUT2D eigenvalue weighted by Gasteiger charge is 2.09. The standard InChI is InChI=1S/C16H18O2S/c1-2-3-4-11-18-14-9-7-13(8-10-14)16(17)15-6-5-12-19-15/h5-10,12H,2-4,11H2,1H3. The zero-order valence-electron chi connectivity index (χ0n) is 11.1. The van der Waals surface area contributed by atoms with Crippen LogP contribution in [0.1, 0.15) is 41.4 Å². The predicted octanol–water partition coefficient (Wildman–Crippen LogP) is 4.55. The number of carbonyl (C=O) groups is 1. The molecule has 0 aliphatic heterocycles. The molecule has 2 rings (SSSR count). The van der Waals surface area contributed by atoms with Crippen LogP contribution in [0.4, 0.5) is 0 Å². The molecule has 0 amide bonds. The van der Waals surface area contributed by atoms with E-state index in [0.717, 1.165) is 23.7 Å². The zero-order chi connectivity index (χ0) is 13.5. The van der Waals surface area contributed by atoms with Crippen molar-refractivity contribution in [3.05, 3.63) is 52.2 Å². The van der Waals surface area contributed by atoms with Gasteiger partial charge in [-0.2, -0.15) is 0 Å². The highest BCUT2D eigenvalue weighted by molar-refractivity contribution is 7.12. The lowest BCUT2D eigenvalue weighted by molar-refractivity contribution is 0.104. The average Bonchev–Trinajstić information content (AvgIpc) is 2.98. The van der Waals surface area contributed by atoms with Crippen molar-refractivity contribution in [2.75, 3.05) is 6.61 Å². The van der Waals surface area contributed by atoms with Crippen LogP contribution in [0, 0.1) is 0 Å². The topological polar surface area (TPSA) is 26.3 Å². The first kappa shape index (κ1) is 13.8. The molecule has 0 bridgehead atoms. The normalized spacial score (nSPS) is 10.4. The molecule has 0 N–H and O–H groups in total. The van der Waals surface area contributed by atoms with E-state index in [2.05, 4.69) is 6.92 Å². The second-order valence-electron chi connectivity index (χ2n) is 4.39. The smallest absolute Gasteiger partial charge is 0.202 e. The van der Waals surface area contributed by atoms with E-state index >= 15 is 0 Å². The predicted molar refractivity (Wildman–Crippen MR) is 79.2 cm³/mol. The van der Waals surface area contributed by atoms with Crippen molar-refractivity contribution in [2.45, 2.75) is 26.2 Å². The van der Waals surface area contributed by atoms with Crippen molar-refractivity contribution in [1.29, 1.82) is 0 Å². The van der Waals surface area contributed by atoms with E-state index in [1.165, 1.54) is 24.2 Å². The maximum atomic E-state index is 12.1. The van der Waals surface area contributed by atoms with Gasteiger partial charge in [-0.25, -0.2) is 0 Å². The Morgan fingerprint density at radius 2 is 1.95 bits per heavy atom. The fourth-order valence-corrected chi connectivity index (χ4v) is 2.48. The third-order valence-electron chi connectivity index (χ3n) is 2.88. The monoisotopic (exact) mass is 274 g/mol. The summed E-state index contributed by atoms with van der Waals surface area (Å²) in [5.41, 5.74) is 0.711. The van der Waals surface area contributed by atoms with E-state index < -0.39 is 0 Å². The second-order valence-corrected chi connectivity index (χ2v) is 5.33. The minimum absolute atomic E-state index is 0.0764. The fourth-order valence-electron chi connectivity index (χ4n) is 1.79. The number of benzene rings is 1. The third kappa shape index (κ3) is 3.93. The molecule has 2 nitrogen and oxygen atoms in total. The number of ether oxygens (including phenoxy) is 1. The molecule has 2 aromatic rings. The minimum Gasteiger partial charge on any atom is -0.494 e. The Balaban J connectivity index is 1.93. The molecule has 0 unspecified atom stereocenters. The van der Waals surface area contributed by atoms with Crippen LogP contribution in [-0.4, -0.2) is 12.4 Å². The molecule has 0 atom stereocenters. The Morgan fingerprint density at radius 3 is 2.58 bits per heavy atom. The molecular formula is C16H18O2S. The first-order valence-corrected chi connectivity index (χ1v) is 7.50. The van der Waals surface area contributed by atoms with Gasteiger partial charge in [0.05, 0.1) is 11.5 Å². The van der Waals surface area contributed by atoms with Gasteiger partial charge in [0.2, 0.25) is 5.78 Å². The molecule has 1 aromatic heterocycles. The van der Waals surface area contributed by atoms with Gasteiger partial charge < -0.3 is 4.74 Å². The lowest BCUT2D eigenvalue weighted by atomic mass is 10.1. The molecule has 1 heterocycles. The quantitative estimate of drug-likeness (QED) is 0.547. The van der Waals surface area contributed by atoms with Gasteiger partial charge >= 0.3 is 0 Å². The van der Waals surface area contributed by atoms with Gasteiger partial charge in [-0.1, -0.05) is 25.8 Å². The number of unbranched alkanes of at least 4 members (excludes halogenated alkanes) is 2. The van der Waals surface area contributed by atoms with Gasteiger partial charge in [-0.05, 0) is 42.1 Å². The summed E-state index contributed by atoms with van der Waals surface area (Å²) in [4.78, 5) is 12.9. The number of hydrogen-bond acceptors (Lipinski definition) is 3. The van der Waals surface area contributed by atoms with Crippen LogP contribution >= 0.6 is 11.3 Å². The summed E-state index contributed by atoms with van der Waals surface area (Å²) in [5.74, 6) is 0.909. The van der Waals surface area contributed by atoms with Crippen molar-refractivity contribution in [3.63, 3.8) is 0 Å². The second kappa shape index (κ2) is 7.10. The Bertz CT molecular complexity index is 500. The lowest BCUT2D eigenvalue weighted by Gasteiger charge is -2.06. The van der Waals surface area contributed by atoms with Crippen LogP contribution in [0.3, 0.4) is 0 Å². The van der Waals surface area contributed by atoms with Crippen molar-refractivity contribution < 1.29 is 9.53 Å². The van der Waals surface area contributed by atoms with Crippen LogP contribution in [0.15, 0.2) is 41.8 Å². The maximum absolute atomic E-state index is 12.1. The van der Waals surface area contributed by atoms with E-state index in [-0.39, 0.29) is 5.78 Å². The van der Waals surface area contributed by atoms with Gasteiger partial charge in [0.15, 0.2) is 0 Å². The van der Waals surface area contributed by atoms with Crippen LogP contribution in [0.5, 0.6) is 5.75 Å². The average molecular weight is 274 g/mol. The van der Waals surface area contributed by atoms with E-state index in [9.17, 15) is 4.79 Å². The fraction of sp³-hybridized carbons (Fsp3) is 0.312. The van der Waals surface area contributed by atoms with E-state index in [1.807, 2.05) is 41.8 Å². The summed E-state index contributed by atoms with van der Waals surface area (Å²) < 4.78 is 5.62. The molecule has 0 spiro atoms. The molecule has 1 aromatic carbocycles. The van der Waals surface area contributed by atoms with Gasteiger partial charge in [0.25, 0.3) is 0 Å². The van der Waals surface area contributed by atoms with Crippen LogP contribution in [-0.2, 0) is 0 Å². The Hall–Kier alpha value is -1.61. The molecule has 0 saturated carbocycles. The molecule has 19 heavy (non-hydrogen) atoms. The van der Waals surface area contributed by atoms with Gasteiger partial charge in [0, 0.05) is 5.56 Å². The molecule has 100 valence electrons. The first-order chi connectivity index (χ1) is 9.31. The molecule has 3 heteroatoms. The summed E-state index contributed by atoms with van der Waals surface area (Å²) in [7, 11) is 0. The Morgan fingerprint density at radius 1 is 1.16 bits per heavy atom. The van der Waals surface area contributed by atoms with Crippen molar-refractivity contribution in [3.8, 4) is 5.75 Å². The van der Waals surface area contributed by atoms with Crippen LogP contribution < -0.4 is 4.74 Å². The summed E-state index contributed by atoms with van der Waals surface area (Å²) in [5, 5.41) is 1.92. The molecule has 0 aliphatic rings. The largest absolute Gasteiger partial charge is 0.494 e. The van der Waals surface area contributed by atoms with Crippen LogP contribution in [0.2, 0.25) is 0 Å². The summed E-state index contributed by atoms with van der Waals surface area (Å²) >= 11 is 1.47. The molecule has 0 saturated heterocycles. The van der Waals surface area contributed by atoms with Gasteiger partial charge in [0.1, 0.15) is 5.75 Å². The summed E-state index contributed by atoms with van der Waals surface area (Å²) in [6.45, 7) is 2.91. The number of hydrogen-bond donors (Lipinski definition) is 0. The molecule has 0 radical (unpaired) electrons. The number of thiophene rings is 1. The van der Waals surface area contributed by atoms with Crippen LogP contribution in [0.25, 0.3) is 0 Å². The van der Waals surface area contributed by atoms with Crippen molar-refractivity contribution in [1.82, 2.24) is 0 Å². The molecule has 0 fully saturated rings. The van der Waals surface area contributed by atoms with Crippen molar-refractivity contribution >= 4 is 17.1 Å². The lowest BCUT2D eigenvalue weighted by Crippen LogP contribution is -2.00. The van der Waals surface area contributed by atoms with E-state index in [1.54, 1.807) is 0 Å². The first-order valence-electron chi connectivity index (χ1n) is 6.62. The van der Waals surface area contributed by atoms with Gasteiger partial charge in [-0.3, -0.25) is 4.79 Å².